The van der Waals surface area contributed by atoms with Gasteiger partial charge >= 0.3 is 6.18 Å². The normalized spacial score (nSPS) is 14.3. The van der Waals surface area contributed by atoms with Gasteiger partial charge in [0.1, 0.15) is 5.75 Å². The fourth-order valence-electron chi connectivity index (χ4n) is 2.68. The van der Waals surface area contributed by atoms with Gasteiger partial charge in [-0.05, 0) is 42.3 Å². The number of halogens is 3. The van der Waals surface area contributed by atoms with Crippen molar-refractivity contribution in [2.45, 2.75) is 23.9 Å². The number of benzene rings is 2. The minimum Gasteiger partial charge on any atom is -0.497 e. The van der Waals surface area contributed by atoms with Crippen LogP contribution in [0.15, 0.2) is 41.3 Å². The maximum atomic E-state index is 13.0. The zero-order valence-corrected chi connectivity index (χ0v) is 14.9. The zero-order valence-electron chi connectivity index (χ0n) is 14.1. The van der Waals surface area contributed by atoms with Crippen LogP contribution in [0.4, 0.5) is 24.5 Å². The van der Waals surface area contributed by atoms with E-state index in [-0.39, 0.29) is 28.7 Å². The average Bonchev–Trinajstić information content (AvgIpc) is 2.59. The Hall–Kier alpha value is -2.75. The molecule has 0 saturated heterocycles. The highest BCUT2D eigenvalue weighted by Crippen LogP contribution is 2.35. The summed E-state index contributed by atoms with van der Waals surface area (Å²) in [5.74, 6) is -0.289. The quantitative estimate of drug-likeness (QED) is 0.824. The van der Waals surface area contributed by atoms with Gasteiger partial charge in [-0.2, -0.15) is 13.2 Å². The molecule has 0 radical (unpaired) electrons. The second-order valence-corrected chi connectivity index (χ2v) is 7.60. The van der Waals surface area contributed by atoms with Gasteiger partial charge in [0, 0.05) is 18.2 Å². The van der Waals surface area contributed by atoms with Gasteiger partial charge < -0.3 is 10.1 Å². The molecule has 3 rings (SSSR count). The van der Waals surface area contributed by atoms with E-state index in [0.29, 0.717) is 23.7 Å². The van der Waals surface area contributed by atoms with E-state index in [1.165, 1.54) is 25.3 Å². The number of rotatable bonds is 4. The van der Waals surface area contributed by atoms with Gasteiger partial charge in [0.05, 0.1) is 23.3 Å². The number of ether oxygens (including phenoxy) is 1. The van der Waals surface area contributed by atoms with Gasteiger partial charge in [-0.25, -0.2) is 8.42 Å². The minimum atomic E-state index is -4.65. The van der Waals surface area contributed by atoms with Gasteiger partial charge in [-0.1, -0.05) is 0 Å². The molecule has 27 heavy (non-hydrogen) atoms. The molecule has 0 spiro atoms. The van der Waals surface area contributed by atoms with Crippen LogP contribution in [-0.2, 0) is 27.4 Å². The first kappa shape index (κ1) is 19.0. The predicted molar refractivity (Wildman–Crippen MR) is 92.2 cm³/mol. The van der Waals surface area contributed by atoms with Crippen molar-refractivity contribution in [1.29, 1.82) is 0 Å². The number of aryl methyl sites for hydroxylation is 1. The maximum Gasteiger partial charge on any atom is 0.416 e. The molecule has 6 nitrogen and oxygen atoms in total. The molecule has 2 N–H and O–H groups in total. The van der Waals surface area contributed by atoms with Crippen LogP contribution in [0.2, 0.25) is 0 Å². The highest BCUT2D eigenvalue weighted by Gasteiger charge is 2.32. The van der Waals surface area contributed by atoms with E-state index in [2.05, 4.69) is 10.0 Å². The number of alkyl halides is 3. The van der Waals surface area contributed by atoms with Crippen LogP contribution in [0.5, 0.6) is 5.75 Å². The van der Waals surface area contributed by atoms with E-state index in [4.69, 9.17) is 4.74 Å². The number of carbonyl (C=O) groups is 1. The highest BCUT2D eigenvalue weighted by atomic mass is 32.2. The molecular formula is C17H15F3N2O4S. The molecule has 0 atom stereocenters. The standard InChI is InChI=1S/C17H15F3N2O4S/c1-26-13-8-11(17(18,19)20)7-12(9-13)22-27(24,25)14-3-4-15-10(6-14)2-5-16(23)21-15/h3-4,6-9,22H,2,5H2,1H3,(H,21,23). The van der Waals surface area contributed by atoms with Gasteiger partial charge in [-0.15, -0.1) is 0 Å². The summed E-state index contributed by atoms with van der Waals surface area (Å²) in [6, 6.07) is 6.75. The van der Waals surface area contributed by atoms with Crippen molar-refractivity contribution < 1.29 is 31.1 Å². The summed E-state index contributed by atoms with van der Waals surface area (Å²) in [7, 11) is -2.95. The SMILES string of the molecule is COc1cc(NS(=O)(=O)c2ccc3c(c2)CCC(=O)N3)cc(C(F)(F)F)c1. The number of nitrogens with one attached hydrogen (secondary N) is 2. The Morgan fingerprint density at radius 2 is 1.85 bits per heavy atom. The van der Waals surface area contributed by atoms with Gasteiger partial charge in [0.15, 0.2) is 0 Å². The second kappa shape index (κ2) is 6.76. The van der Waals surface area contributed by atoms with E-state index < -0.39 is 21.8 Å². The molecule has 1 aliphatic heterocycles. The lowest BCUT2D eigenvalue weighted by atomic mass is 10.0. The predicted octanol–water partition coefficient (Wildman–Crippen LogP) is 3.40. The Morgan fingerprint density at radius 3 is 2.52 bits per heavy atom. The number of methoxy groups -OCH3 is 1. The minimum absolute atomic E-state index is 0.117. The Labute approximate surface area is 153 Å². The number of anilines is 2. The lowest BCUT2D eigenvalue weighted by Crippen LogP contribution is -2.20. The molecule has 1 amide bonds. The van der Waals surface area contributed by atoms with Gasteiger partial charge in [-0.3, -0.25) is 9.52 Å². The van der Waals surface area contributed by atoms with E-state index in [0.717, 1.165) is 12.1 Å². The largest absolute Gasteiger partial charge is 0.497 e. The third kappa shape index (κ3) is 4.16. The van der Waals surface area contributed by atoms with E-state index >= 15 is 0 Å². The molecule has 144 valence electrons. The van der Waals surface area contributed by atoms with Crippen molar-refractivity contribution in [3.63, 3.8) is 0 Å². The summed E-state index contributed by atoms with van der Waals surface area (Å²) in [4.78, 5) is 11.3. The summed E-state index contributed by atoms with van der Waals surface area (Å²) in [6.07, 6.45) is -4.05. The van der Waals surface area contributed by atoms with Crippen LogP contribution >= 0.6 is 0 Å². The number of hydrogen-bond donors (Lipinski definition) is 2. The number of hydrogen-bond acceptors (Lipinski definition) is 4. The monoisotopic (exact) mass is 400 g/mol. The fraction of sp³-hybridized carbons (Fsp3) is 0.235. The molecule has 0 fully saturated rings. The third-order valence-electron chi connectivity index (χ3n) is 4.00. The topological polar surface area (TPSA) is 84.5 Å². The number of amides is 1. The van der Waals surface area contributed by atoms with Crippen molar-refractivity contribution in [3.8, 4) is 5.75 Å². The molecule has 0 saturated carbocycles. The van der Waals surface area contributed by atoms with E-state index in [1.807, 2.05) is 0 Å². The molecule has 2 aromatic carbocycles. The summed E-state index contributed by atoms with van der Waals surface area (Å²) >= 11 is 0. The van der Waals surface area contributed by atoms with Crippen molar-refractivity contribution in [1.82, 2.24) is 0 Å². The Kier molecular flexibility index (Phi) is 4.77. The molecule has 10 heteroatoms. The van der Waals surface area contributed by atoms with Crippen LogP contribution in [0.25, 0.3) is 0 Å². The van der Waals surface area contributed by atoms with Crippen molar-refractivity contribution in [2.24, 2.45) is 0 Å². The summed E-state index contributed by atoms with van der Waals surface area (Å²) in [5, 5.41) is 2.63. The molecule has 0 aliphatic carbocycles. The van der Waals surface area contributed by atoms with Crippen LogP contribution in [-0.4, -0.2) is 21.4 Å². The first-order valence-corrected chi connectivity index (χ1v) is 9.29. The molecule has 2 aromatic rings. The zero-order chi connectivity index (χ0) is 19.8. The van der Waals surface area contributed by atoms with Crippen molar-refractivity contribution in [3.05, 3.63) is 47.5 Å². The van der Waals surface area contributed by atoms with Crippen molar-refractivity contribution in [2.75, 3.05) is 17.1 Å². The van der Waals surface area contributed by atoms with Crippen LogP contribution in [0.3, 0.4) is 0 Å². The second-order valence-electron chi connectivity index (χ2n) is 5.92. The summed E-state index contributed by atoms with van der Waals surface area (Å²) < 4.78 is 71.1. The third-order valence-corrected chi connectivity index (χ3v) is 5.38. The smallest absolute Gasteiger partial charge is 0.416 e. The first-order valence-electron chi connectivity index (χ1n) is 7.80. The van der Waals surface area contributed by atoms with Crippen molar-refractivity contribution >= 4 is 27.3 Å². The molecule has 1 aliphatic rings. The molecule has 0 aromatic heterocycles. The first-order chi connectivity index (χ1) is 12.6. The molecule has 0 unspecified atom stereocenters. The van der Waals surface area contributed by atoms with Gasteiger partial charge in [0.2, 0.25) is 5.91 Å². The van der Waals surface area contributed by atoms with E-state index in [1.54, 1.807) is 0 Å². The lowest BCUT2D eigenvalue weighted by molar-refractivity contribution is -0.137. The van der Waals surface area contributed by atoms with Crippen LogP contribution < -0.4 is 14.8 Å². The summed E-state index contributed by atoms with van der Waals surface area (Å²) in [6.45, 7) is 0. The lowest BCUT2D eigenvalue weighted by Gasteiger charge is -2.18. The average molecular weight is 400 g/mol. The van der Waals surface area contributed by atoms with Crippen LogP contribution in [0.1, 0.15) is 17.5 Å². The number of carbonyl (C=O) groups excluding carboxylic acids is 1. The fourth-order valence-corrected chi connectivity index (χ4v) is 3.77. The van der Waals surface area contributed by atoms with Gasteiger partial charge in [0.25, 0.3) is 10.0 Å². The number of fused-ring (bicyclic) bond motifs is 1. The molecule has 1 heterocycles. The number of sulfonamides is 1. The van der Waals surface area contributed by atoms with Crippen LogP contribution in [0, 0.1) is 0 Å². The maximum absolute atomic E-state index is 13.0. The summed E-state index contributed by atoms with van der Waals surface area (Å²) in [5.41, 5.74) is -0.148. The molecular weight excluding hydrogens is 385 g/mol. The highest BCUT2D eigenvalue weighted by molar-refractivity contribution is 7.92. The Bertz CT molecular complexity index is 1000. The molecule has 0 bridgehead atoms. The van der Waals surface area contributed by atoms with E-state index in [9.17, 15) is 26.4 Å². The Morgan fingerprint density at radius 1 is 1.11 bits per heavy atom. The Balaban J connectivity index is 1.94.